The standard InChI is InChI=1S/C18H13F3O2/c1-2-11-8-9-14-13(10-11)16(22)15(12-6-4-3-5-7-12)17(23-14)18(19,20)21/h3-10H,2H2,1H3. The van der Waals surface area contributed by atoms with Crippen LogP contribution in [0, 0.1) is 0 Å². The SMILES string of the molecule is CCc1ccc2oc(C(F)(F)F)c(-c3ccccc3)c(=O)c2c1. The van der Waals surface area contributed by atoms with E-state index in [2.05, 4.69) is 0 Å². The molecule has 0 aliphatic rings. The zero-order valence-electron chi connectivity index (χ0n) is 12.3. The first-order valence-electron chi connectivity index (χ1n) is 7.14. The van der Waals surface area contributed by atoms with E-state index in [1.54, 1.807) is 30.3 Å². The summed E-state index contributed by atoms with van der Waals surface area (Å²) in [5.41, 5.74) is -0.112. The van der Waals surface area contributed by atoms with E-state index in [9.17, 15) is 18.0 Å². The molecule has 2 aromatic carbocycles. The first-order chi connectivity index (χ1) is 10.9. The van der Waals surface area contributed by atoms with E-state index in [0.29, 0.717) is 6.42 Å². The summed E-state index contributed by atoms with van der Waals surface area (Å²) in [6, 6.07) is 12.5. The van der Waals surface area contributed by atoms with Gasteiger partial charge in [0, 0.05) is 0 Å². The van der Waals surface area contributed by atoms with Crippen molar-refractivity contribution in [2.45, 2.75) is 19.5 Å². The van der Waals surface area contributed by atoms with Crippen LogP contribution in [0.5, 0.6) is 0 Å². The minimum Gasteiger partial charge on any atom is -0.451 e. The van der Waals surface area contributed by atoms with E-state index in [0.717, 1.165) is 5.56 Å². The third-order valence-electron chi connectivity index (χ3n) is 3.68. The number of hydrogen-bond donors (Lipinski definition) is 0. The molecule has 1 aromatic heterocycles. The number of rotatable bonds is 2. The predicted octanol–water partition coefficient (Wildman–Crippen LogP) is 5.04. The highest BCUT2D eigenvalue weighted by Gasteiger charge is 2.39. The Labute approximate surface area is 130 Å². The topological polar surface area (TPSA) is 30.2 Å². The van der Waals surface area contributed by atoms with E-state index in [4.69, 9.17) is 4.42 Å². The summed E-state index contributed by atoms with van der Waals surface area (Å²) in [7, 11) is 0. The molecular formula is C18H13F3O2. The van der Waals surface area contributed by atoms with Gasteiger partial charge in [0.2, 0.25) is 11.2 Å². The fourth-order valence-electron chi connectivity index (χ4n) is 2.53. The summed E-state index contributed by atoms with van der Waals surface area (Å²) >= 11 is 0. The minimum atomic E-state index is -4.75. The van der Waals surface area contributed by atoms with Crippen molar-refractivity contribution in [1.82, 2.24) is 0 Å². The molecule has 0 bridgehead atoms. The van der Waals surface area contributed by atoms with E-state index < -0.39 is 22.9 Å². The van der Waals surface area contributed by atoms with Gasteiger partial charge in [-0.25, -0.2) is 0 Å². The molecule has 0 N–H and O–H groups in total. The summed E-state index contributed by atoms with van der Waals surface area (Å²) in [5, 5.41) is 0.163. The molecule has 0 amide bonds. The van der Waals surface area contributed by atoms with Gasteiger partial charge in [-0.15, -0.1) is 0 Å². The molecule has 0 atom stereocenters. The third-order valence-corrected chi connectivity index (χ3v) is 3.68. The second-order valence-corrected chi connectivity index (χ2v) is 5.18. The normalized spacial score (nSPS) is 11.8. The molecule has 0 radical (unpaired) electrons. The van der Waals surface area contributed by atoms with Gasteiger partial charge in [0.1, 0.15) is 5.58 Å². The Kier molecular flexibility index (Phi) is 3.72. The van der Waals surface area contributed by atoms with Gasteiger partial charge >= 0.3 is 6.18 Å². The Bertz CT molecular complexity index is 909. The van der Waals surface area contributed by atoms with Crippen molar-refractivity contribution in [2.24, 2.45) is 0 Å². The molecule has 3 aromatic rings. The van der Waals surface area contributed by atoms with Crippen LogP contribution in [0.25, 0.3) is 22.1 Å². The van der Waals surface area contributed by atoms with E-state index >= 15 is 0 Å². The van der Waals surface area contributed by atoms with Crippen molar-refractivity contribution in [2.75, 3.05) is 0 Å². The molecule has 5 heteroatoms. The smallest absolute Gasteiger partial charge is 0.450 e. The monoisotopic (exact) mass is 318 g/mol. The average molecular weight is 318 g/mol. The molecule has 0 aliphatic carbocycles. The van der Waals surface area contributed by atoms with Crippen molar-refractivity contribution < 1.29 is 17.6 Å². The summed E-state index contributed by atoms with van der Waals surface area (Å²) in [6.07, 6.45) is -4.07. The fraction of sp³-hybridized carbons (Fsp3) is 0.167. The molecule has 118 valence electrons. The fourth-order valence-corrected chi connectivity index (χ4v) is 2.53. The highest BCUT2D eigenvalue weighted by Crippen LogP contribution is 2.37. The lowest BCUT2D eigenvalue weighted by Gasteiger charge is -2.13. The third kappa shape index (κ3) is 2.74. The summed E-state index contributed by atoms with van der Waals surface area (Å²) in [6.45, 7) is 1.91. The van der Waals surface area contributed by atoms with Crippen molar-refractivity contribution >= 4 is 11.0 Å². The Morgan fingerprint density at radius 3 is 2.35 bits per heavy atom. The van der Waals surface area contributed by atoms with Crippen LogP contribution >= 0.6 is 0 Å². The zero-order valence-corrected chi connectivity index (χ0v) is 12.3. The average Bonchev–Trinajstić information content (AvgIpc) is 2.54. The number of aryl methyl sites for hydroxylation is 1. The molecule has 0 spiro atoms. The van der Waals surface area contributed by atoms with Crippen LogP contribution in [0.1, 0.15) is 18.2 Å². The zero-order chi connectivity index (χ0) is 16.6. The van der Waals surface area contributed by atoms with Crippen molar-refractivity contribution in [3.8, 4) is 11.1 Å². The van der Waals surface area contributed by atoms with Gasteiger partial charge in [-0.2, -0.15) is 13.2 Å². The van der Waals surface area contributed by atoms with Crippen LogP contribution in [0.4, 0.5) is 13.2 Å². The molecule has 0 aliphatic heterocycles. The summed E-state index contributed by atoms with van der Waals surface area (Å²) < 4.78 is 45.1. The highest BCUT2D eigenvalue weighted by molar-refractivity contribution is 5.83. The number of benzene rings is 2. The van der Waals surface area contributed by atoms with Gasteiger partial charge in [-0.3, -0.25) is 4.79 Å². The Morgan fingerprint density at radius 2 is 1.74 bits per heavy atom. The van der Waals surface area contributed by atoms with E-state index in [1.165, 1.54) is 18.2 Å². The lowest BCUT2D eigenvalue weighted by atomic mass is 10.0. The van der Waals surface area contributed by atoms with Crippen molar-refractivity contribution in [3.05, 3.63) is 70.1 Å². The maximum absolute atomic E-state index is 13.4. The second kappa shape index (κ2) is 5.57. The van der Waals surface area contributed by atoms with Gasteiger partial charge in [0.05, 0.1) is 10.9 Å². The Morgan fingerprint density at radius 1 is 1.04 bits per heavy atom. The molecular weight excluding hydrogens is 305 g/mol. The Hall–Kier alpha value is -2.56. The molecule has 23 heavy (non-hydrogen) atoms. The number of fused-ring (bicyclic) bond motifs is 1. The van der Waals surface area contributed by atoms with Gasteiger partial charge in [-0.1, -0.05) is 43.3 Å². The van der Waals surface area contributed by atoms with Crippen LogP contribution in [0.2, 0.25) is 0 Å². The number of hydrogen-bond acceptors (Lipinski definition) is 2. The van der Waals surface area contributed by atoms with Crippen molar-refractivity contribution in [1.29, 1.82) is 0 Å². The predicted molar refractivity (Wildman–Crippen MR) is 82.3 cm³/mol. The molecule has 0 unspecified atom stereocenters. The van der Waals surface area contributed by atoms with Crippen LogP contribution in [0.15, 0.2) is 57.7 Å². The maximum Gasteiger partial charge on any atom is 0.450 e. The van der Waals surface area contributed by atoms with Gasteiger partial charge < -0.3 is 4.42 Å². The minimum absolute atomic E-state index is 0.0563. The van der Waals surface area contributed by atoms with Crippen LogP contribution < -0.4 is 5.43 Å². The van der Waals surface area contributed by atoms with Gasteiger partial charge in [0.25, 0.3) is 0 Å². The molecule has 0 saturated carbocycles. The molecule has 0 saturated heterocycles. The van der Waals surface area contributed by atoms with Gasteiger partial charge in [0.15, 0.2) is 0 Å². The second-order valence-electron chi connectivity index (χ2n) is 5.18. The lowest BCUT2D eigenvalue weighted by molar-refractivity contribution is -0.152. The van der Waals surface area contributed by atoms with Crippen LogP contribution in [-0.2, 0) is 12.6 Å². The number of halogens is 3. The van der Waals surface area contributed by atoms with Gasteiger partial charge in [-0.05, 0) is 29.7 Å². The lowest BCUT2D eigenvalue weighted by Crippen LogP contribution is -2.16. The summed E-state index contributed by atoms with van der Waals surface area (Å²) in [5.74, 6) is -1.26. The first-order valence-corrected chi connectivity index (χ1v) is 7.14. The van der Waals surface area contributed by atoms with Crippen LogP contribution in [-0.4, -0.2) is 0 Å². The van der Waals surface area contributed by atoms with E-state index in [-0.39, 0.29) is 16.5 Å². The van der Waals surface area contributed by atoms with E-state index in [1.807, 2.05) is 6.92 Å². The maximum atomic E-state index is 13.4. The Balaban J connectivity index is 2.44. The van der Waals surface area contributed by atoms with Crippen LogP contribution in [0.3, 0.4) is 0 Å². The quantitative estimate of drug-likeness (QED) is 0.662. The highest BCUT2D eigenvalue weighted by atomic mass is 19.4. The molecule has 1 heterocycles. The largest absolute Gasteiger partial charge is 0.451 e. The summed E-state index contributed by atoms with van der Waals surface area (Å²) in [4.78, 5) is 12.7. The van der Waals surface area contributed by atoms with Crippen molar-refractivity contribution in [3.63, 3.8) is 0 Å². The molecule has 0 fully saturated rings. The molecule has 2 nitrogen and oxygen atoms in total. The molecule has 3 rings (SSSR count). The first kappa shape index (κ1) is 15.3. The number of alkyl halides is 3.